The Hall–Kier alpha value is -1.92. The van der Waals surface area contributed by atoms with Crippen LogP contribution in [0.5, 0.6) is 0 Å². The van der Waals surface area contributed by atoms with Crippen LogP contribution in [-0.2, 0) is 17.9 Å². The number of carboxylic acids is 1. The first-order valence-electron chi connectivity index (χ1n) is 6.14. The Balaban J connectivity index is 2.08. The highest BCUT2D eigenvalue weighted by molar-refractivity contribution is 5.92. The number of ether oxygens (including phenoxy) is 1. The zero-order valence-corrected chi connectivity index (χ0v) is 10.2. The Morgan fingerprint density at radius 3 is 2.89 bits per heavy atom. The Labute approximate surface area is 109 Å². The van der Waals surface area contributed by atoms with Gasteiger partial charge in [-0.3, -0.25) is 0 Å². The summed E-state index contributed by atoms with van der Waals surface area (Å²) in [5, 5.41) is 18.4. The van der Waals surface area contributed by atoms with Crippen LogP contribution in [0.25, 0.3) is 11.0 Å². The van der Waals surface area contributed by atoms with Crippen LogP contribution in [0.1, 0.15) is 22.6 Å². The minimum absolute atomic E-state index is 0.121. The van der Waals surface area contributed by atoms with E-state index in [9.17, 15) is 9.90 Å². The highest BCUT2D eigenvalue weighted by Crippen LogP contribution is 2.22. The van der Waals surface area contributed by atoms with Gasteiger partial charge in [0.25, 0.3) is 0 Å². The van der Waals surface area contributed by atoms with Gasteiger partial charge in [-0.25, -0.2) is 9.78 Å². The van der Waals surface area contributed by atoms with Gasteiger partial charge in [-0.05, 0) is 24.6 Å². The molecule has 1 fully saturated rings. The van der Waals surface area contributed by atoms with Gasteiger partial charge in [-0.1, -0.05) is 0 Å². The van der Waals surface area contributed by atoms with Crippen LogP contribution in [0.4, 0.5) is 0 Å². The van der Waals surface area contributed by atoms with Crippen molar-refractivity contribution in [1.29, 1.82) is 0 Å². The van der Waals surface area contributed by atoms with Gasteiger partial charge in [0.05, 0.1) is 29.2 Å². The minimum atomic E-state index is -0.972. The fraction of sp³-hybridized carbons (Fsp3) is 0.385. The lowest BCUT2D eigenvalue weighted by Gasteiger charge is -2.27. The summed E-state index contributed by atoms with van der Waals surface area (Å²) < 4.78 is 7.22. The number of hydrogen-bond donors (Lipinski definition) is 2. The SMILES string of the molecule is O=C(O)c1ccc2nc(CO)n(CC3CCO3)c2c1. The summed E-state index contributed by atoms with van der Waals surface area (Å²) in [6, 6.07) is 4.77. The molecule has 1 unspecified atom stereocenters. The molecule has 1 aliphatic rings. The zero-order chi connectivity index (χ0) is 13.4. The molecule has 100 valence electrons. The highest BCUT2D eigenvalue weighted by Gasteiger charge is 2.21. The van der Waals surface area contributed by atoms with Gasteiger partial charge in [0.15, 0.2) is 0 Å². The molecule has 1 saturated heterocycles. The third kappa shape index (κ3) is 2.09. The van der Waals surface area contributed by atoms with Crippen LogP contribution in [0, 0.1) is 0 Å². The monoisotopic (exact) mass is 262 g/mol. The van der Waals surface area contributed by atoms with Crippen molar-refractivity contribution in [2.75, 3.05) is 6.61 Å². The number of aromatic carboxylic acids is 1. The molecule has 2 heterocycles. The first-order chi connectivity index (χ1) is 9.19. The first-order valence-corrected chi connectivity index (χ1v) is 6.14. The molecule has 3 rings (SSSR count). The van der Waals surface area contributed by atoms with E-state index in [1.54, 1.807) is 12.1 Å². The van der Waals surface area contributed by atoms with E-state index in [-0.39, 0.29) is 18.3 Å². The Kier molecular flexibility index (Phi) is 2.96. The van der Waals surface area contributed by atoms with E-state index >= 15 is 0 Å². The molecule has 1 aromatic heterocycles. The van der Waals surface area contributed by atoms with E-state index < -0.39 is 5.97 Å². The summed E-state index contributed by atoms with van der Waals surface area (Å²) in [6.07, 6.45) is 1.10. The number of benzene rings is 1. The Morgan fingerprint density at radius 1 is 1.53 bits per heavy atom. The van der Waals surface area contributed by atoms with Gasteiger partial charge in [0.2, 0.25) is 0 Å². The maximum atomic E-state index is 11.0. The predicted octanol–water partition coefficient (Wildman–Crippen LogP) is 1.02. The number of aromatic nitrogens is 2. The van der Waals surface area contributed by atoms with Crippen LogP contribution in [0.15, 0.2) is 18.2 Å². The normalized spacial score (nSPS) is 18.5. The molecule has 0 radical (unpaired) electrons. The second-order valence-electron chi connectivity index (χ2n) is 4.59. The number of carbonyl (C=O) groups is 1. The average Bonchev–Trinajstić information content (AvgIpc) is 2.70. The van der Waals surface area contributed by atoms with Gasteiger partial charge in [-0.2, -0.15) is 0 Å². The molecular weight excluding hydrogens is 248 g/mol. The Morgan fingerprint density at radius 2 is 2.32 bits per heavy atom. The second-order valence-corrected chi connectivity index (χ2v) is 4.59. The number of imidazole rings is 1. The molecule has 6 nitrogen and oxygen atoms in total. The van der Waals surface area contributed by atoms with Crippen LogP contribution >= 0.6 is 0 Å². The summed E-state index contributed by atoms with van der Waals surface area (Å²) in [6.45, 7) is 1.17. The summed E-state index contributed by atoms with van der Waals surface area (Å²) in [5.74, 6) is -0.437. The molecule has 6 heteroatoms. The quantitative estimate of drug-likeness (QED) is 0.859. The van der Waals surface area contributed by atoms with Gasteiger partial charge < -0.3 is 19.5 Å². The van der Waals surface area contributed by atoms with Crippen molar-refractivity contribution >= 4 is 17.0 Å². The lowest BCUT2D eigenvalue weighted by atomic mass is 10.1. The van der Waals surface area contributed by atoms with E-state index in [4.69, 9.17) is 9.84 Å². The second kappa shape index (κ2) is 4.64. The van der Waals surface area contributed by atoms with Crippen molar-refractivity contribution in [2.45, 2.75) is 25.7 Å². The standard InChI is InChI=1S/C13H14N2O4/c16-7-12-14-10-2-1-8(13(17)18)5-11(10)15(12)6-9-3-4-19-9/h1-2,5,9,16H,3-4,6-7H2,(H,17,18). The summed E-state index contributed by atoms with van der Waals surface area (Å²) in [4.78, 5) is 15.3. The predicted molar refractivity (Wildman–Crippen MR) is 67.0 cm³/mol. The molecule has 0 aliphatic carbocycles. The van der Waals surface area contributed by atoms with Gasteiger partial charge in [-0.15, -0.1) is 0 Å². The number of aliphatic hydroxyl groups excluding tert-OH is 1. The lowest BCUT2D eigenvalue weighted by molar-refractivity contribution is -0.0593. The molecule has 1 aromatic carbocycles. The molecule has 1 aliphatic heterocycles. The maximum absolute atomic E-state index is 11.0. The molecule has 0 amide bonds. The molecule has 2 aromatic rings. The van der Waals surface area contributed by atoms with E-state index in [0.717, 1.165) is 18.5 Å². The number of aliphatic hydroxyl groups is 1. The molecule has 0 spiro atoms. The summed E-state index contributed by atoms with van der Waals surface area (Å²) >= 11 is 0. The number of nitrogens with zero attached hydrogens (tertiary/aromatic N) is 2. The zero-order valence-electron chi connectivity index (χ0n) is 10.2. The number of hydrogen-bond acceptors (Lipinski definition) is 4. The van der Waals surface area contributed by atoms with Crippen LogP contribution in [0.3, 0.4) is 0 Å². The van der Waals surface area contributed by atoms with E-state index in [0.29, 0.717) is 17.9 Å². The first kappa shape index (κ1) is 12.1. The molecule has 0 bridgehead atoms. The van der Waals surface area contributed by atoms with E-state index in [1.165, 1.54) is 6.07 Å². The topological polar surface area (TPSA) is 84.6 Å². The lowest BCUT2D eigenvalue weighted by Crippen LogP contribution is -2.31. The molecule has 1 atom stereocenters. The van der Waals surface area contributed by atoms with Crippen LogP contribution in [-0.4, -0.2) is 38.4 Å². The molecule has 19 heavy (non-hydrogen) atoms. The van der Waals surface area contributed by atoms with E-state index in [1.807, 2.05) is 4.57 Å². The molecule has 0 saturated carbocycles. The highest BCUT2D eigenvalue weighted by atomic mass is 16.5. The summed E-state index contributed by atoms with van der Waals surface area (Å²) in [5.41, 5.74) is 1.63. The third-order valence-corrected chi connectivity index (χ3v) is 3.40. The maximum Gasteiger partial charge on any atom is 0.335 e. The van der Waals surface area contributed by atoms with Crippen molar-refractivity contribution in [2.24, 2.45) is 0 Å². The molecule has 2 N–H and O–H groups in total. The van der Waals surface area contributed by atoms with Crippen molar-refractivity contribution in [3.8, 4) is 0 Å². The number of rotatable bonds is 4. The van der Waals surface area contributed by atoms with Crippen molar-refractivity contribution in [1.82, 2.24) is 9.55 Å². The van der Waals surface area contributed by atoms with Gasteiger partial charge in [0, 0.05) is 6.61 Å². The summed E-state index contributed by atoms with van der Waals surface area (Å²) in [7, 11) is 0. The molecular formula is C13H14N2O4. The third-order valence-electron chi connectivity index (χ3n) is 3.40. The fourth-order valence-electron chi connectivity index (χ4n) is 2.26. The largest absolute Gasteiger partial charge is 0.478 e. The van der Waals surface area contributed by atoms with Crippen LogP contribution < -0.4 is 0 Å². The van der Waals surface area contributed by atoms with Crippen molar-refractivity contribution in [3.05, 3.63) is 29.6 Å². The minimum Gasteiger partial charge on any atom is -0.478 e. The van der Waals surface area contributed by atoms with Gasteiger partial charge >= 0.3 is 5.97 Å². The Bertz CT molecular complexity index is 631. The average molecular weight is 262 g/mol. The smallest absolute Gasteiger partial charge is 0.335 e. The number of fused-ring (bicyclic) bond motifs is 1. The number of carboxylic acid groups (broad SMARTS) is 1. The van der Waals surface area contributed by atoms with E-state index in [2.05, 4.69) is 4.98 Å². The van der Waals surface area contributed by atoms with Crippen LogP contribution in [0.2, 0.25) is 0 Å². The van der Waals surface area contributed by atoms with Gasteiger partial charge in [0.1, 0.15) is 12.4 Å². The van der Waals surface area contributed by atoms with Crippen molar-refractivity contribution in [3.63, 3.8) is 0 Å². The fourth-order valence-corrected chi connectivity index (χ4v) is 2.26. The van der Waals surface area contributed by atoms with Crippen molar-refractivity contribution < 1.29 is 19.7 Å².